The van der Waals surface area contributed by atoms with E-state index in [0.29, 0.717) is 22.4 Å². The number of hydrogen-bond donors (Lipinski definition) is 2. The second kappa shape index (κ2) is 9.36. The Bertz CT molecular complexity index is 1330. The van der Waals surface area contributed by atoms with Gasteiger partial charge < -0.3 is 15.5 Å². The van der Waals surface area contributed by atoms with Gasteiger partial charge in [0, 0.05) is 11.3 Å². The molecule has 10 heteroatoms. The third-order valence-electron chi connectivity index (χ3n) is 5.39. The number of carbonyl (C=O) groups excluding carboxylic acids is 1. The first-order valence-corrected chi connectivity index (χ1v) is 11.6. The maximum absolute atomic E-state index is 13.6. The van der Waals surface area contributed by atoms with Crippen LogP contribution in [-0.2, 0) is 4.79 Å². The molecule has 0 saturated carbocycles. The summed E-state index contributed by atoms with van der Waals surface area (Å²) >= 11 is 7.18. The summed E-state index contributed by atoms with van der Waals surface area (Å²) in [6, 6.07) is 20.8. The minimum absolute atomic E-state index is 0.0637. The third-order valence-corrected chi connectivity index (χ3v) is 6.89. The monoisotopic (exact) mass is 495 g/mol. The summed E-state index contributed by atoms with van der Waals surface area (Å²) in [6.45, 7) is 0. The number of halogens is 2. The number of carbonyl (C=O) groups is 1. The highest BCUT2D eigenvalue weighted by Crippen LogP contribution is 2.39. The van der Waals surface area contributed by atoms with Gasteiger partial charge >= 0.3 is 0 Å². The molecule has 3 aromatic carbocycles. The van der Waals surface area contributed by atoms with E-state index in [1.807, 2.05) is 54.6 Å². The number of aromatic nitrogens is 3. The van der Waals surface area contributed by atoms with Gasteiger partial charge in [0.2, 0.25) is 11.1 Å². The van der Waals surface area contributed by atoms with E-state index in [1.54, 1.807) is 11.8 Å². The maximum atomic E-state index is 13.6. The van der Waals surface area contributed by atoms with Crippen molar-refractivity contribution in [1.82, 2.24) is 14.9 Å². The molecular weight excluding hydrogens is 477 g/mol. The molecule has 0 saturated heterocycles. The van der Waals surface area contributed by atoms with E-state index in [9.17, 15) is 9.18 Å². The Morgan fingerprint density at radius 2 is 1.88 bits per heavy atom. The van der Waals surface area contributed by atoms with Gasteiger partial charge in [-0.2, -0.15) is 0 Å². The molecule has 0 aliphatic carbocycles. The first-order valence-electron chi connectivity index (χ1n) is 10.4. The largest absolute Gasteiger partial charge is 0.497 e. The molecule has 2 heterocycles. The number of benzene rings is 3. The number of hydrogen-bond acceptors (Lipinski definition) is 6. The first-order chi connectivity index (χ1) is 16.5. The fourth-order valence-electron chi connectivity index (χ4n) is 3.68. The Morgan fingerprint density at radius 3 is 2.59 bits per heavy atom. The number of anilines is 1. The summed E-state index contributed by atoms with van der Waals surface area (Å²) in [5.41, 5.74) is 5.60. The summed E-state index contributed by atoms with van der Waals surface area (Å²) in [4.78, 5) is 13.4. The molecule has 1 aromatic heterocycles. The Morgan fingerprint density at radius 1 is 1.12 bits per heavy atom. The molecule has 5 rings (SSSR count). The second-order valence-electron chi connectivity index (χ2n) is 7.54. The number of thioether (sulfide) groups is 1. The van der Waals surface area contributed by atoms with Gasteiger partial charge in [-0.05, 0) is 35.9 Å². The van der Waals surface area contributed by atoms with E-state index in [1.165, 1.54) is 30.0 Å². The van der Waals surface area contributed by atoms with E-state index in [0.717, 1.165) is 11.1 Å². The minimum atomic E-state index is -0.599. The standard InChI is InChI=1S/C24H19ClFN5O2S/c1-33-17-10-7-14(8-11-17)20-21(23(32)27-16-9-12-19(26)18(25)13-16)34-24-29-28-22(31(24)30-20)15-5-3-2-4-6-15/h2-13,20-21,30H,1H3,(H,27,32)/t20-,21+/m0/s1. The van der Waals surface area contributed by atoms with Gasteiger partial charge in [-0.25, -0.2) is 9.07 Å². The molecule has 1 amide bonds. The topological polar surface area (TPSA) is 81.1 Å². The molecule has 2 N–H and O–H groups in total. The number of methoxy groups -OCH3 is 1. The van der Waals surface area contributed by atoms with E-state index >= 15 is 0 Å². The molecule has 34 heavy (non-hydrogen) atoms. The Labute approximate surface area is 204 Å². The van der Waals surface area contributed by atoms with E-state index in [4.69, 9.17) is 16.3 Å². The molecule has 2 atom stereocenters. The Kier molecular flexibility index (Phi) is 6.12. The van der Waals surface area contributed by atoms with Crippen LogP contribution >= 0.6 is 23.4 Å². The van der Waals surface area contributed by atoms with Crippen LogP contribution in [0.3, 0.4) is 0 Å². The SMILES string of the molecule is COc1ccc([C@@H]2Nn3c(nnc3-c3ccccc3)S[C@H]2C(=O)Nc2ccc(F)c(Cl)c2)cc1. The van der Waals surface area contributed by atoms with Crippen molar-refractivity contribution < 1.29 is 13.9 Å². The summed E-state index contributed by atoms with van der Waals surface area (Å²) in [6.07, 6.45) is 0. The van der Waals surface area contributed by atoms with Crippen LogP contribution in [0.2, 0.25) is 5.02 Å². The van der Waals surface area contributed by atoms with Crippen molar-refractivity contribution in [2.75, 3.05) is 17.9 Å². The summed E-state index contributed by atoms with van der Waals surface area (Å²) in [5.74, 6) is 0.525. The van der Waals surface area contributed by atoms with Crippen LogP contribution in [0, 0.1) is 5.82 Å². The van der Waals surface area contributed by atoms with Crippen LogP contribution in [0.1, 0.15) is 11.6 Å². The van der Waals surface area contributed by atoms with Crippen LogP contribution in [-0.4, -0.2) is 33.1 Å². The number of nitrogens with one attached hydrogen (secondary N) is 2. The van der Waals surface area contributed by atoms with Crippen molar-refractivity contribution in [3.05, 3.63) is 89.2 Å². The fraction of sp³-hybridized carbons (Fsp3) is 0.125. The highest BCUT2D eigenvalue weighted by molar-refractivity contribution is 8.00. The van der Waals surface area contributed by atoms with Crippen LogP contribution in [0.15, 0.2) is 78.0 Å². The van der Waals surface area contributed by atoms with E-state index in [-0.39, 0.29) is 10.9 Å². The summed E-state index contributed by atoms with van der Waals surface area (Å²) in [7, 11) is 1.60. The third kappa shape index (κ3) is 4.32. The predicted molar refractivity (Wildman–Crippen MR) is 130 cm³/mol. The molecule has 0 fully saturated rings. The normalized spacial score (nSPS) is 16.9. The van der Waals surface area contributed by atoms with Crippen LogP contribution in [0.4, 0.5) is 10.1 Å². The molecule has 7 nitrogen and oxygen atoms in total. The fourth-order valence-corrected chi connectivity index (χ4v) is 4.94. The highest BCUT2D eigenvalue weighted by atomic mass is 35.5. The minimum Gasteiger partial charge on any atom is -0.497 e. The van der Waals surface area contributed by atoms with Crippen LogP contribution < -0.4 is 15.5 Å². The van der Waals surface area contributed by atoms with Gasteiger partial charge in [-0.1, -0.05) is 65.8 Å². The lowest BCUT2D eigenvalue weighted by molar-refractivity contribution is -0.116. The van der Waals surface area contributed by atoms with Crippen molar-refractivity contribution >= 4 is 35.0 Å². The molecule has 172 valence electrons. The van der Waals surface area contributed by atoms with Gasteiger partial charge in [0.15, 0.2) is 5.82 Å². The first kappa shape index (κ1) is 22.2. The van der Waals surface area contributed by atoms with Crippen molar-refractivity contribution in [1.29, 1.82) is 0 Å². The molecule has 1 aliphatic heterocycles. The van der Waals surface area contributed by atoms with E-state index in [2.05, 4.69) is 20.9 Å². The number of ether oxygens (including phenoxy) is 1. The summed E-state index contributed by atoms with van der Waals surface area (Å²) < 4.78 is 20.6. The number of amides is 1. The van der Waals surface area contributed by atoms with Gasteiger partial charge in [-0.3, -0.25) is 4.79 Å². The number of nitrogens with zero attached hydrogens (tertiary/aromatic N) is 3. The Hall–Kier alpha value is -3.56. The lowest BCUT2D eigenvalue weighted by Crippen LogP contribution is -2.41. The highest BCUT2D eigenvalue weighted by Gasteiger charge is 2.38. The molecule has 1 aliphatic rings. The lowest BCUT2D eigenvalue weighted by atomic mass is 10.0. The average Bonchev–Trinajstić information content (AvgIpc) is 3.29. The quantitative estimate of drug-likeness (QED) is 0.399. The molecule has 0 unspecified atom stereocenters. The number of fused-ring (bicyclic) bond motifs is 1. The van der Waals surface area contributed by atoms with Crippen molar-refractivity contribution in [2.24, 2.45) is 0 Å². The zero-order valence-electron chi connectivity index (χ0n) is 17.9. The molecule has 0 spiro atoms. The van der Waals surface area contributed by atoms with Crippen LogP contribution in [0.25, 0.3) is 11.4 Å². The number of rotatable bonds is 5. The van der Waals surface area contributed by atoms with Gasteiger partial charge in [0.25, 0.3) is 0 Å². The van der Waals surface area contributed by atoms with Gasteiger partial charge in [0.05, 0.1) is 18.2 Å². The van der Waals surface area contributed by atoms with E-state index < -0.39 is 17.1 Å². The van der Waals surface area contributed by atoms with Crippen molar-refractivity contribution in [3.63, 3.8) is 0 Å². The molecule has 0 radical (unpaired) electrons. The van der Waals surface area contributed by atoms with Crippen LogP contribution in [0.5, 0.6) is 5.75 Å². The maximum Gasteiger partial charge on any atom is 0.240 e. The molecule has 4 aromatic rings. The van der Waals surface area contributed by atoms with Crippen molar-refractivity contribution in [2.45, 2.75) is 16.4 Å². The lowest BCUT2D eigenvalue weighted by Gasteiger charge is -2.33. The van der Waals surface area contributed by atoms with Gasteiger partial charge in [0.1, 0.15) is 16.8 Å². The predicted octanol–water partition coefficient (Wildman–Crippen LogP) is 5.14. The zero-order valence-corrected chi connectivity index (χ0v) is 19.5. The molecular formula is C24H19ClFN5O2S. The molecule has 0 bridgehead atoms. The average molecular weight is 496 g/mol. The van der Waals surface area contributed by atoms with Crippen molar-refractivity contribution in [3.8, 4) is 17.1 Å². The smallest absolute Gasteiger partial charge is 0.240 e. The zero-order chi connectivity index (χ0) is 23.7. The summed E-state index contributed by atoms with van der Waals surface area (Å²) in [5, 5.41) is 11.4. The Balaban J connectivity index is 1.50. The second-order valence-corrected chi connectivity index (χ2v) is 9.06. The van der Waals surface area contributed by atoms with Gasteiger partial charge in [-0.15, -0.1) is 10.2 Å².